The summed E-state index contributed by atoms with van der Waals surface area (Å²) >= 11 is 0. The summed E-state index contributed by atoms with van der Waals surface area (Å²) in [6.07, 6.45) is 2.11. The fraction of sp³-hybridized carbons (Fsp3) is 0.360. The molecule has 0 unspecified atom stereocenters. The molecule has 0 spiro atoms. The highest BCUT2D eigenvalue weighted by Gasteiger charge is 2.22. The van der Waals surface area contributed by atoms with Crippen molar-refractivity contribution in [2.75, 3.05) is 50.7 Å². The van der Waals surface area contributed by atoms with E-state index in [9.17, 15) is 0 Å². The molecule has 1 aliphatic rings. The van der Waals surface area contributed by atoms with Crippen LogP contribution in [-0.2, 0) is 0 Å². The summed E-state index contributed by atoms with van der Waals surface area (Å²) in [5.41, 5.74) is 2.63. The van der Waals surface area contributed by atoms with Gasteiger partial charge in [0.05, 0.1) is 20.8 Å². The minimum atomic E-state index is 0.344. The quantitative estimate of drug-likeness (QED) is 0.290. The smallest absolute Gasteiger partial charge is 0.338 e. The normalized spacial score (nSPS) is 14.2. The van der Waals surface area contributed by atoms with Gasteiger partial charge >= 0.3 is 12.0 Å². The topological polar surface area (TPSA) is 129 Å². The zero-order valence-corrected chi connectivity index (χ0v) is 21.2. The number of nitrogens with one attached hydrogen (secondary N) is 1. The van der Waals surface area contributed by atoms with Crippen LogP contribution < -0.4 is 24.4 Å². The number of ether oxygens (including phenoxy) is 3. The zero-order valence-electron chi connectivity index (χ0n) is 21.2. The lowest BCUT2D eigenvalue weighted by atomic mass is 9.89. The predicted molar refractivity (Wildman–Crippen MR) is 139 cm³/mol. The molecule has 1 aromatic carbocycles. The van der Waals surface area contributed by atoms with Crippen LogP contribution in [-0.4, -0.2) is 80.1 Å². The highest BCUT2D eigenvalue weighted by Crippen LogP contribution is 2.31. The number of rotatable bonds is 9. The minimum Gasteiger partial charge on any atom is -0.492 e. The molecule has 0 amide bonds. The first-order valence-corrected chi connectivity index (χ1v) is 12.5. The van der Waals surface area contributed by atoms with E-state index >= 15 is 0 Å². The van der Waals surface area contributed by atoms with Crippen molar-refractivity contribution in [2.24, 2.45) is 0 Å². The second kappa shape index (κ2) is 10.4. The fourth-order valence-electron chi connectivity index (χ4n) is 4.67. The van der Waals surface area contributed by atoms with Gasteiger partial charge in [0.1, 0.15) is 24.0 Å². The average Bonchev–Trinajstić information content (AvgIpc) is 3.58. The summed E-state index contributed by atoms with van der Waals surface area (Å²) in [5.74, 6) is 2.95. The van der Waals surface area contributed by atoms with Gasteiger partial charge in [-0.05, 0) is 60.7 Å². The van der Waals surface area contributed by atoms with E-state index in [1.54, 1.807) is 16.1 Å². The molecule has 6 rings (SSSR count). The average molecular weight is 517 g/mol. The lowest BCUT2D eigenvalue weighted by Gasteiger charge is -2.33. The van der Waals surface area contributed by atoms with Gasteiger partial charge in [-0.25, -0.2) is 0 Å². The van der Waals surface area contributed by atoms with Crippen LogP contribution in [0.2, 0.25) is 0 Å². The van der Waals surface area contributed by atoms with Crippen molar-refractivity contribution in [2.45, 2.75) is 18.8 Å². The molecule has 1 aliphatic heterocycles. The van der Waals surface area contributed by atoms with Crippen molar-refractivity contribution in [3.05, 3.63) is 54.1 Å². The van der Waals surface area contributed by atoms with Gasteiger partial charge in [-0.15, -0.1) is 20.4 Å². The standard InChI is InChI=1S/C25H28N10O3/c1-36-24-29-27-21-8-7-20(31-34(21)24)26-13-16-38-19-5-3-17(4-6-19)18-11-14-33(15-12-18)23-10-9-22-28-30-25(37-2)35(22)32-23/h3-10,18H,11-16H2,1-2H3,(H,26,31). The van der Waals surface area contributed by atoms with Crippen molar-refractivity contribution in [1.82, 2.24) is 39.6 Å². The van der Waals surface area contributed by atoms with E-state index in [4.69, 9.17) is 14.2 Å². The number of benzene rings is 1. The van der Waals surface area contributed by atoms with E-state index in [1.807, 2.05) is 36.4 Å². The number of hydrogen-bond donors (Lipinski definition) is 1. The van der Waals surface area contributed by atoms with Gasteiger partial charge in [-0.2, -0.15) is 9.03 Å². The van der Waals surface area contributed by atoms with Gasteiger partial charge in [-0.3, -0.25) is 0 Å². The summed E-state index contributed by atoms with van der Waals surface area (Å²) < 4.78 is 19.5. The van der Waals surface area contributed by atoms with Gasteiger partial charge in [0.2, 0.25) is 0 Å². The van der Waals surface area contributed by atoms with Crippen molar-refractivity contribution in [3.8, 4) is 17.8 Å². The van der Waals surface area contributed by atoms with Crippen LogP contribution in [0.15, 0.2) is 48.5 Å². The fourth-order valence-corrected chi connectivity index (χ4v) is 4.67. The van der Waals surface area contributed by atoms with Crippen molar-refractivity contribution < 1.29 is 14.2 Å². The Morgan fingerprint density at radius 2 is 1.45 bits per heavy atom. The second-order valence-corrected chi connectivity index (χ2v) is 8.93. The number of methoxy groups -OCH3 is 2. The molecule has 5 aromatic rings. The Bertz CT molecular complexity index is 1530. The second-order valence-electron chi connectivity index (χ2n) is 8.93. The molecule has 38 heavy (non-hydrogen) atoms. The summed E-state index contributed by atoms with van der Waals surface area (Å²) in [6.45, 7) is 2.96. The SMILES string of the molecule is COc1nnc2ccc(NCCOc3ccc(C4CCN(c5ccc6nnc(OC)n6n5)CC4)cc3)nn12. The molecule has 5 heterocycles. The third-order valence-electron chi connectivity index (χ3n) is 6.67. The van der Waals surface area contributed by atoms with Crippen LogP contribution in [0.4, 0.5) is 11.6 Å². The van der Waals surface area contributed by atoms with Crippen LogP contribution in [0.3, 0.4) is 0 Å². The van der Waals surface area contributed by atoms with E-state index in [-0.39, 0.29) is 0 Å². The molecule has 196 valence electrons. The van der Waals surface area contributed by atoms with E-state index in [2.05, 4.69) is 52.9 Å². The Hall–Kier alpha value is -4.68. The molecule has 0 aliphatic carbocycles. The third kappa shape index (κ3) is 4.69. The molecule has 13 heteroatoms. The maximum atomic E-state index is 5.92. The first-order chi connectivity index (χ1) is 18.7. The Morgan fingerprint density at radius 3 is 2.13 bits per heavy atom. The van der Waals surface area contributed by atoms with Crippen LogP contribution >= 0.6 is 0 Å². The number of hydrogen-bond acceptors (Lipinski definition) is 11. The van der Waals surface area contributed by atoms with E-state index in [0.717, 1.165) is 37.5 Å². The molecule has 0 radical (unpaired) electrons. The van der Waals surface area contributed by atoms with Crippen molar-refractivity contribution in [3.63, 3.8) is 0 Å². The van der Waals surface area contributed by atoms with E-state index in [1.165, 1.54) is 12.7 Å². The maximum Gasteiger partial charge on any atom is 0.338 e. The van der Waals surface area contributed by atoms with E-state index in [0.29, 0.717) is 48.2 Å². The lowest BCUT2D eigenvalue weighted by Crippen LogP contribution is -2.33. The van der Waals surface area contributed by atoms with E-state index < -0.39 is 0 Å². The maximum absolute atomic E-state index is 5.92. The van der Waals surface area contributed by atoms with Gasteiger partial charge in [0, 0.05) is 13.1 Å². The number of anilines is 2. The first kappa shape index (κ1) is 23.7. The summed E-state index contributed by atoms with van der Waals surface area (Å²) in [4.78, 5) is 2.30. The zero-order chi connectivity index (χ0) is 25.9. The molecule has 0 atom stereocenters. The summed E-state index contributed by atoms with van der Waals surface area (Å²) in [7, 11) is 3.11. The predicted octanol–water partition coefficient (Wildman–Crippen LogP) is 2.45. The van der Waals surface area contributed by atoms with Crippen LogP contribution in [0, 0.1) is 0 Å². The van der Waals surface area contributed by atoms with Gasteiger partial charge in [-0.1, -0.05) is 22.3 Å². The molecule has 1 fully saturated rings. The molecular formula is C25H28N10O3. The lowest BCUT2D eigenvalue weighted by molar-refractivity contribution is 0.332. The monoisotopic (exact) mass is 516 g/mol. The summed E-state index contributed by atoms with van der Waals surface area (Å²) in [5, 5.41) is 28.3. The molecule has 0 saturated carbocycles. The van der Waals surface area contributed by atoms with Crippen molar-refractivity contribution >= 4 is 22.9 Å². The highest BCUT2D eigenvalue weighted by atomic mass is 16.5. The molecular weight excluding hydrogens is 488 g/mol. The molecule has 1 N–H and O–H groups in total. The molecule has 4 aromatic heterocycles. The first-order valence-electron chi connectivity index (χ1n) is 12.5. The highest BCUT2D eigenvalue weighted by molar-refractivity contribution is 5.47. The number of piperidine rings is 1. The summed E-state index contributed by atoms with van der Waals surface area (Å²) in [6, 6.07) is 16.8. The van der Waals surface area contributed by atoms with Gasteiger partial charge < -0.3 is 24.4 Å². The van der Waals surface area contributed by atoms with Gasteiger partial charge in [0.15, 0.2) is 11.3 Å². The Labute approximate surface area is 218 Å². The van der Waals surface area contributed by atoms with Crippen LogP contribution in [0.5, 0.6) is 17.8 Å². The molecule has 0 bridgehead atoms. The molecule has 13 nitrogen and oxygen atoms in total. The Balaban J connectivity index is 0.987. The third-order valence-corrected chi connectivity index (χ3v) is 6.67. The number of fused-ring (bicyclic) bond motifs is 2. The van der Waals surface area contributed by atoms with Crippen LogP contribution in [0.1, 0.15) is 24.3 Å². The van der Waals surface area contributed by atoms with Crippen LogP contribution in [0.25, 0.3) is 11.3 Å². The Morgan fingerprint density at radius 1 is 0.789 bits per heavy atom. The van der Waals surface area contributed by atoms with Crippen molar-refractivity contribution in [1.29, 1.82) is 0 Å². The van der Waals surface area contributed by atoms with Gasteiger partial charge in [0.25, 0.3) is 0 Å². The number of aromatic nitrogens is 8. The Kier molecular flexibility index (Phi) is 6.46. The minimum absolute atomic E-state index is 0.344. The largest absolute Gasteiger partial charge is 0.492 e. The molecule has 1 saturated heterocycles. The number of nitrogens with zero attached hydrogens (tertiary/aromatic N) is 9.